The average Bonchev–Trinajstić information content (AvgIpc) is 2.75. The van der Waals surface area contributed by atoms with E-state index in [9.17, 15) is 4.79 Å². The van der Waals surface area contributed by atoms with E-state index in [1.165, 1.54) is 6.07 Å². The number of nitrogens with two attached hydrogens (primary N) is 1. The van der Waals surface area contributed by atoms with Gasteiger partial charge in [0.15, 0.2) is 0 Å². The van der Waals surface area contributed by atoms with E-state index < -0.39 is 5.97 Å². The summed E-state index contributed by atoms with van der Waals surface area (Å²) in [5, 5.41) is 12.1. The SMILES string of the molecule is CC1(CNc2ccc(C(=O)O)cc2N)CCCO1. The molecule has 5 heteroatoms. The lowest BCUT2D eigenvalue weighted by atomic mass is 10.0. The number of carbonyl (C=O) groups is 1. The zero-order valence-corrected chi connectivity index (χ0v) is 10.4. The number of aromatic carboxylic acids is 1. The van der Waals surface area contributed by atoms with Crippen molar-refractivity contribution >= 4 is 17.3 Å². The molecule has 1 aromatic carbocycles. The number of nitrogen functional groups attached to an aromatic ring is 1. The van der Waals surface area contributed by atoms with Gasteiger partial charge in [-0.1, -0.05) is 0 Å². The Kier molecular flexibility index (Phi) is 3.43. The minimum Gasteiger partial charge on any atom is -0.478 e. The lowest BCUT2D eigenvalue weighted by Gasteiger charge is -2.24. The summed E-state index contributed by atoms with van der Waals surface area (Å²) in [6.45, 7) is 3.53. The Morgan fingerprint density at radius 2 is 2.39 bits per heavy atom. The predicted molar refractivity (Wildman–Crippen MR) is 69.9 cm³/mol. The van der Waals surface area contributed by atoms with Crippen molar-refractivity contribution in [2.75, 3.05) is 24.2 Å². The molecule has 0 saturated carbocycles. The number of ether oxygens (including phenoxy) is 1. The van der Waals surface area contributed by atoms with Gasteiger partial charge in [-0.25, -0.2) is 4.79 Å². The fourth-order valence-corrected chi connectivity index (χ4v) is 2.12. The minimum absolute atomic E-state index is 0.155. The van der Waals surface area contributed by atoms with Crippen LogP contribution in [0.4, 0.5) is 11.4 Å². The highest BCUT2D eigenvalue weighted by Crippen LogP contribution is 2.27. The number of benzene rings is 1. The first-order valence-electron chi connectivity index (χ1n) is 6.01. The van der Waals surface area contributed by atoms with Gasteiger partial charge in [0.1, 0.15) is 0 Å². The van der Waals surface area contributed by atoms with Crippen LogP contribution in [-0.4, -0.2) is 29.8 Å². The van der Waals surface area contributed by atoms with Gasteiger partial charge >= 0.3 is 5.97 Å². The molecular formula is C13H18N2O3. The number of rotatable bonds is 4. The summed E-state index contributed by atoms with van der Waals surface area (Å²) < 4.78 is 5.67. The molecule has 1 aliphatic heterocycles. The third-order valence-corrected chi connectivity index (χ3v) is 3.25. The molecule has 1 atom stereocenters. The summed E-state index contributed by atoms with van der Waals surface area (Å²) in [6, 6.07) is 4.69. The second kappa shape index (κ2) is 4.86. The molecule has 0 spiro atoms. The van der Waals surface area contributed by atoms with Crippen LogP contribution in [-0.2, 0) is 4.74 Å². The van der Waals surface area contributed by atoms with Crippen LogP contribution < -0.4 is 11.1 Å². The molecule has 5 nitrogen and oxygen atoms in total. The third kappa shape index (κ3) is 2.73. The van der Waals surface area contributed by atoms with E-state index in [1.807, 2.05) is 0 Å². The third-order valence-electron chi connectivity index (χ3n) is 3.25. The van der Waals surface area contributed by atoms with Gasteiger partial charge in [-0.2, -0.15) is 0 Å². The first kappa shape index (κ1) is 12.7. The van der Waals surface area contributed by atoms with Crippen molar-refractivity contribution in [3.8, 4) is 0 Å². The summed E-state index contributed by atoms with van der Waals surface area (Å²) in [7, 11) is 0. The van der Waals surface area contributed by atoms with Gasteiger partial charge in [-0.3, -0.25) is 0 Å². The van der Waals surface area contributed by atoms with Crippen molar-refractivity contribution < 1.29 is 14.6 Å². The molecule has 4 N–H and O–H groups in total. The summed E-state index contributed by atoms with van der Waals surface area (Å²) in [4.78, 5) is 10.8. The van der Waals surface area contributed by atoms with Crippen molar-refractivity contribution in [3.63, 3.8) is 0 Å². The molecule has 0 aliphatic carbocycles. The summed E-state index contributed by atoms with van der Waals surface area (Å²) in [5.41, 5.74) is 7.05. The van der Waals surface area contributed by atoms with Crippen LogP contribution >= 0.6 is 0 Å². The number of anilines is 2. The first-order valence-corrected chi connectivity index (χ1v) is 6.01. The second-order valence-electron chi connectivity index (χ2n) is 4.86. The van der Waals surface area contributed by atoms with Gasteiger partial charge in [0.05, 0.1) is 22.5 Å². The minimum atomic E-state index is -0.973. The Morgan fingerprint density at radius 3 is 2.94 bits per heavy atom. The van der Waals surface area contributed by atoms with Crippen LogP contribution in [0.1, 0.15) is 30.1 Å². The summed E-state index contributed by atoms with van der Waals surface area (Å²) >= 11 is 0. The maximum Gasteiger partial charge on any atom is 0.335 e. The van der Waals surface area contributed by atoms with Crippen LogP contribution in [0.2, 0.25) is 0 Å². The molecule has 1 unspecified atom stereocenters. The Bertz CT molecular complexity index is 454. The van der Waals surface area contributed by atoms with Gasteiger partial charge in [0.25, 0.3) is 0 Å². The van der Waals surface area contributed by atoms with Crippen molar-refractivity contribution in [1.82, 2.24) is 0 Å². The van der Waals surface area contributed by atoms with Crippen molar-refractivity contribution in [3.05, 3.63) is 23.8 Å². The van der Waals surface area contributed by atoms with Crippen molar-refractivity contribution in [1.29, 1.82) is 0 Å². The normalized spacial score (nSPS) is 22.9. The molecule has 18 heavy (non-hydrogen) atoms. The van der Waals surface area contributed by atoms with E-state index in [0.29, 0.717) is 12.2 Å². The van der Waals surface area contributed by atoms with Crippen LogP contribution in [0.25, 0.3) is 0 Å². The van der Waals surface area contributed by atoms with Crippen LogP contribution in [0.3, 0.4) is 0 Å². The zero-order chi connectivity index (χ0) is 13.2. The number of hydrogen-bond donors (Lipinski definition) is 3. The molecule has 98 valence electrons. The fourth-order valence-electron chi connectivity index (χ4n) is 2.12. The maximum absolute atomic E-state index is 10.8. The smallest absolute Gasteiger partial charge is 0.335 e. The highest BCUT2D eigenvalue weighted by atomic mass is 16.5. The van der Waals surface area contributed by atoms with Crippen LogP contribution in [0.5, 0.6) is 0 Å². The highest BCUT2D eigenvalue weighted by Gasteiger charge is 2.29. The molecule has 0 aromatic heterocycles. The lowest BCUT2D eigenvalue weighted by molar-refractivity contribution is 0.0315. The largest absolute Gasteiger partial charge is 0.478 e. The molecule has 0 amide bonds. The Labute approximate surface area is 106 Å². The van der Waals surface area contributed by atoms with Crippen molar-refractivity contribution in [2.45, 2.75) is 25.4 Å². The highest BCUT2D eigenvalue weighted by molar-refractivity contribution is 5.90. The number of hydrogen-bond acceptors (Lipinski definition) is 4. The standard InChI is InChI=1S/C13H18N2O3/c1-13(5-2-6-18-13)8-15-11-4-3-9(12(16)17)7-10(11)14/h3-4,7,15H,2,5-6,8,14H2,1H3,(H,16,17). The van der Waals surface area contributed by atoms with E-state index in [4.69, 9.17) is 15.6 Å². The summed E-state index contributed by atoms with van der Waals surface area (Å²) in [6.07, 6.45) is 2.10. The Balaban J connectivity index is 2.03. The molecule has 1 fully saturated rings. The topological polar surface area (TPSA) is 84.6 Å². The monoisotopic (exact) mass is 250 g/mol. The molecule has 0 radical (unpaired) electrons. The number of nitrogens with one attached hydrogen (secondary N) is 1. The molecule has 1 saturated heterocycles. The lowest BCUT2D eigenvalue weighted by Crippen LogP contribution is -2.32. The first-order chi connectivity index (χ1) is 8.50. The summed E-state index contributed by atoms with van der Waals surface area (Å²) in [5.74, 6) is -0.973. The van der Waals surface area contributed by atoms with Gasteiger partial charge in [0.2, 0.25) is 0 Å². The number of carboxylic acids is 1. The van der Waals surface area contributed by atoms with Gasteiger partial charge in [0, 0.05) is 13.2 Å². The van der Waals surface area contributed by atoms with E-state index in [-0.39, 0.29) is 11.2 Å². The maximum atomic E-state index is 10.8. The predicted octanol–water partition coefficient (Wildman–Crippen LogP) is 1.95. The van der Waals surface area contributed by atoms with Gasteiger partial charge < -0.3 is 20.9 Å². The van der Waals surface area contributed by atoms with Gasteiger partial charge in [-0.05, 0) is 38.0 Å². The van der Waals surface area contributed by atoms with Gasteiger partial charge in [-0.15, -0.1) is 0 Å². The quantitative estimate of drug-likeness (QED) is 0.711. The molecule has 0 bridgehead atoms. The van der Waals surface area contributed by atoms with E-state index in [2.05, 4.69) is 12.2 Å². The Morgan fingerprint density at radius 1 is 1.61 bits per heavy atom. The average molecular weight is 250 g/mol. The second-order valence-corrected chi connectivity index (χ2v) is 4.86. The van der Waals surface area contributed by atoms with E-state index in [0.717, 1.165) is 25.1 Å². The molecule has 1 aliphatic rings. The molecular weight excluding hydrogens is 232 g/mol. The van der Waals surface area contributed by atoms with Crippen LogP contribution in [0, 0.1) is 0 Å². The fraction of sp³-hybridized carbons (Fsp3) is 0.462. The van der Waals surface area contributed by atoms with E-state index in [1.54, 1.807) is 12.1 Å². The molecule has 1 heterocycles. The molecule has 2 rings (SSSR count). The Hall–Kier alpha value is -1.75. The molecule has 1 aromatic rings. The zero-order valence-electron chi connectivity index (χ0n) is 10.4. The van der Waals surface area contributed by atoms with E-state index >= 15 is 0 Å². The van der Waals surface area contributed by atoms with Crippen molar-refractivity contribution in [2.24, 2.45) is 0 Å². The number of carboxylic acid groups (broad SMARTS) is 1. The van der Waals surface area contributed by atoms with Crippen LogP contribution in [0.15, 0.2) is 18.2 Å².